The topological polar surface area (TPSA) is 35.6 Å². The molecule has 0 aliphatic carbocycles. The van der Waals surface area contributed by atoms with Crippen LogP contribution in [0.5, 0.6) is 0 Å². The van der Waals surface area contributed by atoms with E-state index in [2.05, 4.69) is 32.6 Å². The zero-order chi connectivity index (χ0) is 15.9. The molecule has 1 N–H and O–H groups in total. The third kappa shape index (κ3) is 5.16. The van der Waals surface area contributed by atoms with E-state index in [0.29, 0.717) is 6.54 Å². The maximum Gasteiger partial charge on any atom is 0.238 e. The Labute approximate surface area is 141 Å². The number of nitrogens with zero attached hydrogens (tertiary/aromatic N) is 2. The van der Waals surface area contributed by atoms with Crippen molar-refractivity contribution in [3.8, 4) is 0 Å². The number of thiophene rings is 1. The number of hydrogen-bond donors (Lipinski definition) is 1. The normalized spacial score (nSPS) is 16.9. The molecule has 23 heavy (non-hydrogen) atoms. The molecule has 4 nitrogen and oxygen atoms in total. The predicted molar refractivity (Wildman–Crippen MR) is 95.7 cm³/mol. The second-order valence-corrected chi connectivity index (χ2v) is 6.93. The molecule has 1 fully saturated rings. The molecule has 2 heterocycles. The minimum atomic E-state index is 0.0721. The first kappa shape index (κ1) is 16.2. The van der Waals surface area contributed by atoms with Crippen molar-refractivity contribution in [3.05, 3.63) is 52.7 Å². The van der Waals surface area contributed by atoms with E-state index in [1.807, 2.05) is 41.7 Å². The molecule has 0 unspecified atom stereocenters. The van der Waals surface area contributed by atoms with Gasteiger partial charge in [-0.05, 0) is 43.1 Å². The van der Waals surface area contributed by atoms with Crippen molar-refractivity contribution in [3.63, 3.8) is 0 Å². The molecule has 1 saturated heterocycles. The number of anilines is 1. The number of amides is 1. The van der Waals surface area contributed by atoms with Gasteiger partial charge in [-0.25, -0.2) is 0 Å². The van der Waals surface area contributed by atoms with Gasteiger partial charge in [0.1, 0.15) is 0 Å². The fourth-order valence-corrected chi connectivity index (χ4v) is 3.63. The zero-order valence-electron chi connectivity index (χ0n) is 13.3. The molecule has 1 aromatic heterocycles. The fourth-order valence-electron chi connectivity index (χ4n) is 2.89. The Balaban J connectivity index is 1.45. The van der Waals surface area contributed by atoms with Crippen LogP contribution in [0.15, 0.2) is 47.8 Å². The summed E-state index contributed by atoms with van der Waals surface area (Å²) in [6.07, 6.45) is 1.12. The number of rotatable bonds is 5. The van der Waals surface area contributed by atoms with Gasteiger partial charge in [-0.1, -0.05) is 24.3 Å². The van der Waals surface area contributed by atoms with Crippen LogP contribution in [0.1, 0.15) is 11.3 Å². The monoisotopic (exact) mass is 329 g/mol. The number of carbonyl (C=O) groups is 1. The number of nitrogens with one attached hydrogen (secondary N) is 1. The molecule has 0 bridgehead atoms. The largest absolute Gasteiger partial charge is 0.325 e. The summed E-state index contributed by atoms with van der Waals surface area (Å²) < 4.78 is 0. The van der Waals surface area contributed by atoms with E-state index in [1.165, 1.54) is 4.88 Å². The summed E-state index contributed by atoms with van der Waals surface area (Å²) in [5.74, 6) is 0.0721. The molecule has 0 atom stereocenters. The van der Waals surface area contributed by atoms with Gasteiger partial charge >= 0.3 is 0 Å². The van der Waals surface area contributed by atoms with E-state index in [0.717, 1.165) is 44.8 Å². The van der Waals surface area contributed by atoms with Crippen LogP contribution in [0.4, 0.5) is 5.69 Å². The minimum Gasteiger partial charge on any atom is -0.325 e. The predicted octanol–water partition coefficient (Wildman–Crippen LogP) is 2.89. The van der Waals surface area contributed by atoms with E-state index in [1.54, 1.807) is 0 Å². The van der Waals surface area contributed by atoms with E-state index in [-0.39, 0.29) is 5.91 Å². The highest BCUT2D eigenvalue weighted by Crippen LogP contribution is 2.14. The van der Waals surface area contributed by atoms with Crippen molar-refractivity contribution < 1.29 is 4.79 Å². The van der Waals surface area contributed by atoms with E-state index >= 15 is 0 Å². The quantitative estimate of drug-likeness (QED) is 0.916. The van der Waals surface area contributed by atoms with Crippen LogP contribution in [-0.2, 0) is 11.3 Å². The Morgan fingerprint density at radius 1 is 1.00 bits per heavy atom. The number of hydrogen-bond acceptors (Lipinski definition) is 4. The van der Waals surface area contributed by atoms with Gasteiger partial charge in [0.15, 0.2) is 0 Å². The lowest BCUT2D eigenvalue weighted by molar-refractivity contribution is -0.117. The van der Waals surface area contributed by atoms with Crippen LogP contribution in [0.2, 0.25) is 0 Å². The maximum atomic E-state index is 12.2. The SMILES string of the molecule is O=C(CN1CCCN(Cc2cccs2)CC1)Nc1ccccc1. The van der Waals surface area contributed by atoms with Crippen molar-refractivity contribution in [1.29, 1.82) is 0 Å². The Morgan fingerprint density at radius 3 is 2.57 bits per heavy atom. The Kier molecular flexibility index (Phi) is 5.80. The number of benzene rings is 1. The summed E-state index contributed by atoms with van der Waals surface area (Å²) in [6.45, 7) is 5.57. The highest BCUT2D eigenvalue weighted by atomic mass is 32.1. The van der Waals surface area contributed by atoms with Crippen LogP contribution < -0.4 is 5.32 Å². The zero-order valence-corrected chi connectivity index (χ0v) is 14.1. The maximum absolute atomic E-state index is 12.2. The van der Waals surface area contributed by atoms with Crippen molar-refractivity contribution in [2.45, 2.75) is 13.0 Å². The summed E-state index contributed by atoms with van der Waals surface area (Å²) >= 11 is 1.82. The molecule has 1 aliphatic rings. The van der Waals surface area contributed by atoms with Crippen molar-refractivity contribution in [2.75, 3.05) is 38.0 Å². The van der Waals surface area contributed by atoms with Gasteiger partial charge in [0.25, 0.3) is 0 Å². The molecule has 3 rings (SSSR count). The van der Waals surface area contributed by atoms with Gasteiger partial charge in [-0.15, -0.1) is 11.3 Å². The van der Waals surface area contributed by atoms with Crippen LogP contribution in [0, 0.1) is 0 Å². The summed E-state index contributed by atoms with van der Waals surface area (Å²) in [4.78, 5) is 18.3. The first-order valence-electron chi connectivity index (χ1n) is 8.11. The fraction of sp³-hybridized carbons (Fsp3) is 0.389. The standard InChI is InChI=1S/C18H23N3OS/c22-18(19-16-6-2-1-3-7-16)15-21-10-5-9-20(11-12-21)14-17-8-4-13-23-17/h1-4,6-8,13H,5,9-12,14-15H2,(H,19,22). The molecule has 5 heteroatoms. The average Bonchev–Trinajstić information content (AvgIpc) is 2.96. The molecular formula is C18H23N3OS. The Morgan fingerprint density at radius 2 is 1.78 bits per heavy atom. The minimum absolute atomic E-state index is 0.0721. The Hall–Kier alpha value is -1.69. The summed E-state index contributed by atoms with van der Waals surface area (Å²) in [5.41, 5.74) is 0.867. The van der Waals surface area contributed by atoms with Crippen molar-refractivity contribution in [2.24, 2.45) is 0 Å². The lowest BCUT2D eigenvalue weighted by atomic mass is 10.3. The van der Waals surface area contributed by atoms with Gasteiger partial charge in [0, 0.05) is 30.2 Å². The molecule has 1 amide bonds. The van der Waals surface area contributed by atoms with Gasteiger partial charge in [-0.2, -0.15) is 0 Å². The van der Waals surface area contributed by atoms with Gasteiger partial charge < -0.3 is 5.32 Å². The highest BCUT2D eigenvalue weighted by Gasteiger charge is 2.17. The van der Waals surface area contributed by atoms with Crippen molar-refractivity contribution in [1.82, 2.24) is 9.80 Å². The van der Waals surface area contributed by atoms with Crippen LogP contribution >= 0.6 is 11.3 Å². The van der Waals surface area contributed by atoms with Crippen LogP contribution in [0.25, 0.3) is 0 Å². The molecule has 0 spiro atoms. The average molecular weight is 329 g/mol. The third-order valence-corrected chi connectivity index (χ3v) is 4.93. The van der Waals surface area contributed by atoms with Gasteiger partial charge in [0.05, 0.1) is 6.54 Å². The van der Waals surface area contributed by atoms with E-state index in [4.69, 9.17) is 0 Å². The first-order valence-corrected chi connectivity index (χ1v) is 8.99. The molecule has 122 valence electrons. The van der Waals surface area contributed by atoms with E-state index < -0.39 is 0 Å². The van der Waals surface area contributed by atoms with Crippen LogP contribution in [-0.4, -0.2) is 48.4 Å². The van der Waals surface area contributed by atoms with Gasteiger partial charge in [0.2, 0.25) is 5.91 Å². The lowest BCUT2D eigenvalue weighted by Gasteiger charge is -2.21. The van der Waals surface area contributed by atoms with Crippen molar-refractivity contribution >= 4 is 22.9 Å². The third-order valence-electron chi connectivity index (χ3n) is 4.07. The molecule has 2 aromatic rings. The highest BCUT2D eigenvalue weighted by molar-refractivity contribution is 7.09. The lowest BCUT2D eigenvalue weighted by Crippen LogP contribution is -2.36. The van der Waals surface area contributed by atoms with Gasteiger partial charge in [-0.3, -0.25) is 14.6 Å². The molecule has 0 saturated carbocycles. The van der Waals surface area contributed by atoms with E-state index in [9.17, 15) is 4.79 Å². The Bertz CT molecular complexity index is 600. The second kappa shape index (κ2) is 8.24. The molecule has 1 aromatic carbocycles. The first-order chi connectivity index (χ1) is 11.3. The summed E-state index contributed by atoms with van der Waals surface area (Å²) in [7, 11) is 0. The summed E-state index contributed by atoms with van der Waals surface area (Å²) in [6, 6.07) is 14.0. The van der Waals surface area contributed by atoms with Crippen LogP contribution in [0.3, 0.4) is 0 Å². The molecule has 1 aliphatic heterocycles. The number of para-hydroxylation sites is 1. The smallest absolute Gasteiger partial charge is 0.238 e. The molecule has 0 radical (unpaired) electrons. The second-order valence-electron chi connectivity index (χ2n) is 5.90. The summed E-state index contributed by atoms with van der Waals surface area (Å²) in [5, 5.41) is 5.10. The molecular weight excluding hydrogens is 306 g/mol. The number of carbonyl (C=O) groups excluding carboxylic acids is 1.